The fraction of sp³-hybridized carbons (Fsp3) is 0.692. The van der Waals surface area contributed by atoms with E-state index in [1.54, 1.807) is 0 Å². The van der Waals surface area contributed by atoms with Crippen molar-refractivity contribution in [2.75, 3.05) is 13.1 Å². The second kappa shape index (κ2) is 6.63. The monoisotopic (exact) mass is 257 g/mol. The Kier molecular flexibility index (Phi) is 5.14. The van der Waals surface area contributed by atoms with Crippen LogP contribution in [0.25, 0.3) is 0 Å². The summed E-state index contributed by atoms with van der Waals surface area (Å²) in [5.41, 5.74) is 0. The molecular formula is C13H20ClNS. The molecule has 1 aliphatic rings. The molecule has 16 heavy (non-hydrogen) atoms. The summed E-state index contributed by atoms with van der Waals surface area (Å²) in [5.74, 6) is 0.693. The summed E-state index contributed by atoms with van der Waals surface area (Å²) in [6.45, 7) is 2.18. The Balaban J connectivity index is 1.60. The van der Waals surface area contributed by atoms with Gasteiger partial charge in [-0.05, 0) is 49.7 Å². The van der Waals surface area contributed by atoms with Crippen LogP contribution in [0.4, 0.5) is 0 Å². The molecule has 1 heterocycles. The third-order valence-corrected chi connectivity index (χ3v) is 4.86. The van der Waals surface area contributed by atoms with Crippen LogP contribution in [0, 0.1) is 5.92 Å². The van der Waals surface area contributed by atoms with E-state index in [4.69, 9.17) is 11.6 Å². The summed E-state index contributed by atoms with van der Waals surface area (Å²) in [6, 6.07) is 4.33. The third kappa shape index (κ3) is 3.76. The Labute approximate surface area is 107 Å². The van der Waals surface area contributed by atoms with Gasteiger partial charge in [-0.1, -0.05) is 18.9 Å². The maximum atomic E-state index is 6.32. The molecule has 1 aromatic heterocycles. The van der Waals surface area contributed by atoms with Gasteiger partial charge < -0.3 is 5.32 Å². The zero-order chi connectivity index (χ0) is 11.2. The van der Waals surface area contributed by atoms with E-state index in [2.05, 4.69) is 22.8 Å². The van der Waals surface area contributed by atoms with Crippen LogP contribution in [-0.2, 0) is 6.42 Å². The maximum absolute atomic E-state index is 6.32. The maximum Gasteiger partial charge on any atom is 0.0376 e. The molecule has 0 bridgehead atoms. The van der Waals surface area contributed by atoms with Crippen molar-refractivity contribution in [1.82, 2.24) is 5.32 Å². The first-order valence-electron chi connectivity index (χ1n) is 6.23. The predicted molar refractivity (Wildman–Crippen MR) is 72.5 cm³/mol. The Hall–Kier alpha value is -0.0500. The molecule has 0 radical (unpaired) electrons. The van der Waals surface area contributed by atoms with Crippen LogP contribution >= 0.6 is 22.9 Å². The molecule has 0 spiro atoms. The number of alkyl halides is 1. The minimum atomic E-state index is 0.406. The lowest BCUT2D eigenvalue weighted by atomic mass is 9.89. The van der Waals surface area contributed by atoms with Crippen LogP contribution in [0.3, 0.4) is 0 Å². The lowest BCUT2D eigenvalue weighted by molar-refractivity contribution is 0.350. The fourth-order valence-corrected chi connectivity index (χ4v) is 3.42. The molecule has 2 unspecified atom stereocenters. The molecule has 2 rings (SSSR count). The molecule has 1 N–H and O–H groups in total. The third-order valence-electron chi connectivity index (χ3n) is 3.35. The Bertz CT molecular complexity index is 286. The SMILES string of the molecule is ClC1CCCCC1CNCCc1cccs1. The van der Waals surface area contributed by atoms with Gasteiger partial charge in [0.15, 0.2) is 0 Å². The molecule has 90 valence electrons. The number of thiophene rings is 1. The van der Waals surface area contributed by atoms with Crippen molar-refractivity contribution in [1.29, 1.82) is 0 Å². The van der Waals surface area contributed by atoms with Crippen molar-refractivity contribution >= 4 is 22.9 Å². The van der Waals surface area contributed by atoms with Gasteiger partial charge in [-0.25, -0.2) is 0 Å². The number of hydrogen-bond acceptors (Lipinski definition) is 2. The molecule has 0 amide bonds. The van der Waals surface area contributed by atoms with Crippen molar-refractivity contribution in [2.45, 2.75) is 37.5 Å². The Morgan fingerprint density at radius 2 is 2.25 bits per heavy atom. The summed E-state index contributed by atoms with van der Waals surface area (Å²) in [6.07, 6.45) is 6.34. The average Bonchev–Trinajstić information content (AvgIpc) is 2.79. The number of hydrogen-bond donors (Lipinski definition) is 1. The Morgan fingerprint density at radius 3 is 3.00 bits per heavy atom. The highest BCUT2D eigenvalue weighted by atomic mass is 35.5. The van der Waals surface area contributed by atoms with Gasteiger partial charge in [0.2, 0.25) is 0 Å². The smallest absolute Gasteiger partial charge is 0.0376 e. The summed E-state index contributed by atoms with van der Waals surface area (Å²) in [4.78, 5) is 1.47. The molecule has 1 aromatic rings. The molecule has 1 saturated carbocycles. The minimum absolute atomic E-state index is 0.406. The van der Waals surface area contributed by atoms with Gasteiger partial charge in [-0.2, -0.15) is 0 Å². The standard InChI is InChI=1S/C13H20ClNS/c14-13-6-2-1-4-11(13)10-15-8-7-12-5-3-9-16-12/h3,5,9,11,13,15H,1-2,4,6-8,10H2. The largest absolute Gasteiger partial charge is 0.316 e. The lowest BCUT2D eigenvalue weighted by Crippen LogP contribution is -2.32. The van der Waals surface area contributed by atoms with E-state index in [9.17, 15) is 0 Å². The van der Waals surface area contributed by atoms with E-state index < -0.39 is 0 Å². The second-order valence-electron chi connectivity index (χ2n) is 4.59. The van der Waals surface area contributed by atoms with Crippen molar-refractivity contribution in [2.24, 2.45) is 5.92 Å². The van der Waals surface area contributed by atoms with E-state index in [1.807, 2.05) is 11.3 Å². The summed E-state index contributed by atoms with van der Waals surface area (Å²) >= 11 is 8.17. The lowest BCUT2D eigenvalue weighted by Gasteiger charge is -2.27. The molecule has 2 atom stereocenters. The van der Waals surface area contributed by atoms with Crippen LogP contribution in [0.15, 0.2) is 17.5 Å². The second-order valence-corrected chi connectivity index (χ2v) is 6.19. The normalized spacial score (nSPS) is 25.8. The first-order valence-corrected chi connectivity index (χ1v) is 7.55. The molecular weight excluding hydrogens is 238 g/mol. The number of halogens is 1. The van der Waals surface area contributed by atoms with E-state index >= 15 is 0 Å². The van der Waals surface area contributed by atoms with Gasteiger partial charge in [0.25, 0.3) is 0 Å². The number of nitrogens with one attached hydrogen (secondary N) is 1. The molecule has 0 saturated heterocycles. The molecule has 1 nitrogen and oxygen atoms in total. The highest BCUT2D eigenvalue weighted by Crippen LogP contribution is 2.27. The van der Waals surface area contributed by atoms with Crippen molar-refractivity contribution < 1.29 is 0 Å². The van der Waals surface area contributed by atoms with Gasteiger partial charge in [0, 0.05) is 10.3 Å². The summed E-state index contributed by atoms with van der Waals surface area (Å²) in [7, 11) is 0. The van der Waals surface area contributed by atoms with Crippen LogP contribution in [0.1, 0.15) is 30.6 Å². The molecule has 3 heteroatoms. The van der Waals surface area contributed by atoms with E-state index in [0.717, 1.165) is 19.5 Å². The van der Waals surface area contributed by atoms with E-state index in [0.29, 0.717) is 11.3 Å². The summed E-state index contributed by atoms with van der Waals surface area (Å²) in [5, 5.41) is 6.10. The van der Waals surface area contributed by atoms with Crippen LogP contribution in [0.5, 0.6) is 0 Å². The topological polar surface area (TPSA) is 12.0 Å². The van der Waals surface area contributed by atoms with Gasteiger partial charge in [0.05, 0.1) is 0 Å². The molecule has 0 aliphatic heterocycles. The van der Waals surface area contributed by atoms with Crippen molar-refractivity contribution in [3.05, 3.63) is 22.4 Å². The highest BCUT2D eigenvalue weighted by Gasteiger charge is 2.22. The van der Waals surface area contributed by atoms with Gasteiger partial charge >= 0.3 is 0 Å². The predicted octanol–water partition coefficient (Wildman–Crippen LogP) is 3.68. The van der Waals surface area contributed by atoms with Crippen LogP contribution < -0.4 is 5.32 Å². The van der Waals surface area contributed by atoms with Crippen LogP contribution in [-0.4, -0.2) is 18.5 Å². The van der Waals surface area contributed by atoms with E-state index in [-0.39, 0.29) is 0 Å². The zero-order valence-corrected chi connectivity index (χ0v) is 11.2. The Morgan fingerprint density at radius 1 is 1.38 bits per heavy atom. The van der Waals surface area contributed by atoms with Crippen molar-refractivity contribution in [3.8, 4) is 0 Å². The molecule has 1 aliphatic carbocycles. The first kappa shape index (κ1) is 12.4. The molecule has 0 aromatic carbocycles. The van der Waals surface area contributed by atoms with Gasteiger partial charge in [-0.3, -0.25) is 0 Å². The van der Waals surface area contributed by atoms with Gasteiger partial charge in [0.1, 0.15) is 0 Å². The van der Waals surface area contributed by atoms with Crippen molar-refractivity contribution in [3.63, 3.8) is 0 Å². The zero-order valence-electron chi connectivity index (χ0n) is 9.62. The fourth-order valence-electron chi connectivity index (χ4n) is 2.35. The number of rotatable bonds is 5. The van der Waals surface area contributed by atoms with Crippen LogP contribution in [0.2, 0.25) is 0 Å². The molecule has 1 fully saturated rings. The van der Waals surface area contributed by atoms with Gasteiger partial charge in [-0.15, -0.1) is 22.9 Å². The summed E-state index contributed by atoms with van der Waals surface area (Å²) < 4.78 is 0. The first-order chi connectivity index (χ1) is 7.86. The highest BCUT2D eigenvalue weighted by molar-refractivity contribution is 7.09. The minimum Gasteiger partial charge on any atom is -0.316 e. The average molecular weight is 258 g/mol. The quantitative estimate of drug-likeness (QED) is 0.627. The van der Waals surface area contributed by atoms with E-state index in [1.165, 1.54) is 30.6 Å².